The number of nitrogens with zero attached hydrogens (tertiary/aromatic N) is 2. The van der Waals surface area contributed by atoms with Gasteiger partial charge in [0.05, 0.1) is 11.4 Å². The van der Waals surface area contributed by atoms with Gasteiger partial charge >= 0.3 is 16.5 Å². The van der Waals surface area contributed by atoms with Gasteiger partial charge in [0, 0.05) is 12.4 Å². The Morgan fingerprint density at radius 1 is 0.488 bits per heavy atom. The van der Waals surface area contributed by atoms with E-state index in [-0.39, 0.29) is 16.5 Å². The van der Waals surface area contributed by atoms with Gasteiger partial charge in [0.25, 0.3) is 0 Å². The van der Waals surface area contributed by atoms with Crippen molar-refractivity contribution in [2.75, 3.05) is 0 Å². The predicted octanol–water partition coefficient (Wildman–Crippen LogP) is 9.27. The molecular formula is C36H42N2NiO2. The van der Waals surface area contributed by atoms with Crippen molar-refractivity contribution >= 4 is 34.6 Å². The average molecular weight is 593 g/mol. The van der Waals surface area contributed by atoms with Gasteiger partial charge in [0.2, 0.25) is 0 Å². The minimum atomic E-state index is -0.436. The largest absolute Gasteiger partial charge is 2.00 e. The van der Waals surface area contributed by atoms with Crippen molar-refractivity contribution in [3.8, 4) is 11.5 Å². The van der Waals surface area contributed by atoms with E-state index in [0.29, 0.717) is 23.7 Å². The average Bonchev–Trinajstić information content (AvgIpc) is 2.91. The van der Waals surface area contributed by atoms with E-state index in [4.69, 9.17) is 9.98 Å². The van der Waals surface area contributed by atoms with E-state index in [1.165, 1.54) is 34.4 Å². The second kappa shape index (κ2) is 15.5. The fourth-order valence-corrected chi connectivity index (χ4v) is 4.74. The van der Waals surface area contributed by atoms with Crippen molar-refractivity contribution in [1.82, 2.24) is 0 Å². The SMILES string of the molecule is CC(C)c1cccc(C(C)C)c1N=CC=Nc1c(C(C)C)cccc1C(C)C.[Ni+2].[O-]c1cc2ccccc2cc1[O-]. The van der Waals surface area contributed by atoms with Crippen molar-refractivity contribution in [3.05, 3.63) is 95.1 Å². The van der Waals surface area contributed by atoms with E-state index >= 15 is 0 Å². The zero-order valence-corrected chi connectivity index (χ0v) is 26.4. The molecule has 0 unspecified atom stereocenters. The third-order valence-corrected chi connectivity index (χ3v) is 6.97. The van der Waals surface area contributed by atoms with Crippen LogP contribution >= 0.6 is 0 Å². The minimum absolute atomic E-state index is 0. The molecule has 0 bridgehead atoms. The normalized spacial score (nSPS) is 11.6. The monoisotopic (exact) mass is 592 g/mol. The minimum Gasteiger partial charge on any atom is -0.873 e. The molecule has 218 valence electrons. The van der Waals surface area contributed by atoms with Gasteiger partial charge in [-0.05, 0) is 56.7 Å². The first-order valence-electron chi connectivity index (χ1n) is 14.2. The van der Waals surface area contributed by atoms with Crippen molar-refractivity contribution < 1.29 is 26.7 Å². The van der Waals surface area contributed by atoms with Crippen LogP contribution in [0.5, 0.6) is 11.5 Å². The van der Waals surface area contributed by atoms with Crippen LogP contribution in [0.4, 0.5) is 11.4 Å². The van der Waals surface area contributed by atoms with Crippen LogP contribution in [0.1, 0.15) is 101 Å². The molecular weight excluding hydrogens is 551 g/mol. The molecule has 0 radical (unpaired) electrons. The molecule has 0 saturated carbocycles. The Bertz CT molecular complexity index is 1320. The van der Waals surface area contributed by atoms with Gasteiger partial charge in [0.1, 0.15) is 0 Å². The standard InChI is InChI=1S/C26H36N2.C10H8O2.Ni/c1-17(2)21-11-9-12-22(18(3)4)25(21)27-15-16-28-26-23(19(5)6)13-10-14-24(26)20(7)8;11-9-5-7-3-1-2-4-8(7)6-10(9)12;/h9-20H,1-8H3;1-6,11-12H;/q;;+2/p-2. The number of benzene rings is 4. The summed E-state index contributed by atoms with van der Waals surface area (Å²) < 4.78 is 0. The van der Waals surface area contributed by atoms with Crippen molar-refractivity contribution in [2.45, 2.75) is 79.1 Å². The molecule has 0 aliphatic carbocycles. The molecule has 0 N–H and O–H groups in total. The summed E-state index contributed by atoms with van der Waals surface area (Å²) in [6.07, 6.45) is 3.71. The van der Waals surface area contributed by atoms with Gasteiger partial charge < -0.3 is 10.2 Å². The Balaban J connectivity index is 0.000000375. The zero-order chi connectivity index (χ0) is 29.4. The van der Waals surface area contributed by atoms with Gasteiger partial charge in [0.15, 0.2) is 0 Å². The van der Waals surface area contributed by atoms with Gasteiger partial charge in [-0.25, -0.2) is 0 Å². The van der Waals surface area contributed by atoms with Crippen LogP contribution in [0.3, 0.4) is 0 Å². The number of fused-ring (bicyclic) bond motifs is 1. The maximum Gasteiger partial charge on any atom is 2.00 e. The summed E-state index contributed by atoms with van der Waals surface area (Å²) in [5.41, 5.74) is 7.37. The first-order chi connectivity index (χ1) is 19.0. The molecule has 4 aromatic carbocycles. The van der Waals surface area contributed by atoms with Crippen molar-refractivity contribution in [3.63, 3.8) is 0 Å². The summed E-state index contributed by atoms with van der Waals surface area (Å²) in [4.78, 5) is 9.68. The zero-order valence-electron chi connectivity index (χ0n) is 25.4. The van der Waals surface area contributed by atoms with E-state index in [1.807, 2.05) is 36.7 Å². The molecule has 0 aliphatic rings. The van der Waals surface area contributed by atoms with Crippen LogP contribution in [0.15, 0.2) is 82.8 Å². The Kier molecular flexibility index (Phi) is 12.8. The van der Waals surface area contributed by atoms with Crippen LogP contribution < -0.4 is 10.2 Å². The van der Waals surface area contributed by atoms with Gasteiger partial charge in [-0.1, -0.05) is 128 Å². The molecule has 4 aromatic rings. The molecule has 0 aliphatic heterocycles. The predicted molar refractivity (Wildman–Crippen MR) is 168 cm³/mol. The Hall–Kier alpha value is -3.43. The molecule has 41 heavy (non-hydrogen) atoms. The summed E-state index contributed by atoms with van der Waals surface area (Å²) >= 11 is 0. The van der Waals surface area contributed by atoms with Crippen LogP contribution in [-0.2, 0) is 16.5 Å². The Morgan fingerprint density at radius 3 is 1.05 bits per heavy atom. The van der Waals surface area contributed by atoms with Gasteiger partial charge in [-0.2, -0.15) is 0 Å². The van der Waals surface area contributed by atoms with Gasteiger partial charge in [-0.15, -0.1) is 11.5 Å². The molecule has 4 rings (SSSR count). The number of para-hydroxylation sites is 2. The molecule has 5 heteroatoms. The van der Waals surface area contributed by atoms with E-state index in [2.05, 4.69) is 91.8 Å². The van der Waals surface area contributed by atoms with Crippen LogP contribution in [0, 0.1) is 0 Å². The van der Waals surface area contributed by atoms with Gasteiger partial charge in [-0.3, -0.25) is 9.98 Å². The first-order valence-corrected chi connectivity index (χ1v) is 14.2. The topological polar surface area (TPSA) is 70.8 Å². The number of hydrogen-bond donors (Lipinski definition) is 0. The third kappa shape index (κ3) is 8.78. The molecule has 0 spiro atoms. The summed E-state index contributed by atoms with van der Waals surface area (Å²) in [5, 5.41) is 23.5. The Morgan fingerprint density at radius 2 is 0.780 bits per heavy atom. The van der Waals surface area contributed by atoms with E-state index in [0.717, 1.165) is 22.1 Å². The first kappa shape index (κ1) is 33.8. The van der Waals surface area contributed by atoms with Crippen LogP contribution in [-0.4, -0.2) is 12.4 Å². The van der Waals surface area contributed by atoms with Crippen LogP contribution in [0.2, 0.25) is 0 Å². The molecule has 0 amide bonds. The van der Waals surface area contributed by atoms with E-state index in [1.54, 1.807) is 0 Å². The quantitative estimate of drug-likeness (QED) is 0.158. The number of rotatable bonds is 7. The van der Waals surface area contributed by atoms with Crippen molar-refractivity contribution in [2.24, 2.45) is 9.98 Å². The summed E-state index contributed by atoms with van der Waals surface area (Å²) in [6, 6.07) is 23.1. The molecule has 0 saturated heterocycles. The van der Waals surface area contributed by atoms with E-state index < -0.39 is 11.5 Å². The van der Waals surface area contributed by atoms with E-state index in [9.17, 15) is 10.2 Å². The summed E-state index contributed by atoms with van der Waals surface area (Å²) in [5.74, 6) is 0.894. The molecule has 0 aromatic heterocycles. The fourth-order valence-electron chi connectivity index (χ4n) is 4.74. The number of aliphatic imine (C=N–C) groups is 2. The fraction of sp³-hybridized carbons (Fsp3) is 0.333. The molecule has 0 atom stereocenters. The number of hydrogen-bond acceptors (Lipinski definition) is 4. The van der Waals surface area contributed by atoms with Crippen molar-refractivity contribution in [1.29, 1.82) is 0 Å². The molecule has 0 heterocycles. The molecule has 0 fully saturated rings. The molecule has 4 nitrogen and oxygen atoms in total. The second-order valence-corrected chi connectivity index (χ2v) is 11.4. The summed E-state index contributed by atoms with van der Waals surface area (Å²) in [7, 11) is 0. The van der Waals surface area contributed by atoms with Crippen LogP contribution in [0.25, 0.3) is 10.8 Å². The second-order valence-electron chi connectivity index (χ2n) is 11.4. The maximum absolute atomic E-state index is 10.9. The summed E-state index contributed by atoms with van der Waals surface area (Å²) in [6.45, 7) is 17.8. The smallest absolute Gasteiger partial charge is 0.873 e. The third-order valence-electron chi connectivity index (χ3n) is 6.97. The Labute approximate surface area is 256 Å². The maximum atomic E-state index is 10.9.